The van der Waals surface area contributed by atoms with Gasteiger partial charge in [0, 0.05) is 0 Å². The number of hydrogen-bond acceptors (Lipinski definition) is 7. The molecule has 0 N–H and O–H groups in total. The summed E-state index contributed by atoms with van der Waals surface area (Å²) in [4.78, 5) is 24.4. The van der Waals surface area contributed by atoms with Crippen molar-refractivity contribution in [3.63, 3.8) is 0 Å². The lowest BCUT2D eigenvalue weighted by atomic mass is 9.81. The van der Waals surface area contributed by atoms with Crippen LogP contribution in [0.4, 0.5) is 0 Å². The molecule has 0 aliphatic rings. The van der Waals surface area contributed by atoms with Crippen LogP contribution in [0.1, 0.15) is 61.3 Å². The van der Waals surface area contributed by atoms with Gasteiger partial charge in [-0.2, -0.15) is 0 Å². The fraction of sp³-hybridized carbons (Fsp3) is 0.882. The topological polar surface area (TPSA) is 88.1 Å². The molecule has 0 saturated heterocycles. The van der Waals surface area contributed by atoms with E-state index in [2.05, 4.69) is 0 Å². The van der Waals surface area contributed by atoms with Gasteiger partial charge in [-0.25, -0.2) is 0 Å². The number of carbonyl (C=O) groups is 2. The van der Waals surface area contributed by atoms with E-state index in [9.17, 15) is 14.2 Å². The number of hydrogen-bond donors (Lipinski definition) is 0. The zero-order valence-electron chi connectivity index (χ0n) is 16.5. The summed E-state index contributed by atoms with van der Waals surface area (Å²) < 4.78 is 34.5. The molecule has 0 aromatic rings. The Balaban J connectivity index is 5.84. The number of carbonyl (C=O) groups excluding carboxylic acids is 2. The average Bonchev–Trinajstić information content (AvgIpc) is 2.47. The maximum absolute atomic E-state index is 13.4. The van der Waals surface area contributed by atoms with Crippen LogP contribution in [0.2, 0.25) is 0 Å². The first-order valence-electron chi connectivity index (χ1n) is 8.74. The molecular formula is C17H33O7P. The highest BCUT2D eigenvalue weighted by molar-refractivity contribution is 7.55. The van der Waals surface area contributed by atoms with E-state index in [1.54, 1.807) is 48.5 Å². The maximum Gasteiger partial charge on any atom is 0.337 e. The molecule has 1 atom stereocenters. The SMILES string of the molecule is CCOC(=O)CC(C)(CC(C)(C)C(=O)OCC)P(=O)(OCC)OCC. The molecule has 0 aromatic heterocycles. The summed E-state index contributed by atoms with van der Waals surface area (Å²) in [5.74, 6) is -0.936. The van der Waals surface area contributed by atoms with Gasteiger partial charge < -0.3 is 18.5 Å². The molecule has 0 aliphatic carbocycles. The van der Waals surface area contributed by atoms with Crippen molar-refractivity contribution in [2.45, 2.75) is 66.5 Å². The lowest BCUT2D eigenvalue weighted by Crippen LogP contribution is -2.40. The molecule has 0 aliphatic heterocycles. The standard InChI is InChI=1S/C17H33O7P/c1-8-21-14(18)12-17(7,25(20,23-10-3)24-11-4)13-16(5,6)15(19)22-9-2/h8-13H2,1-7H3. The molecule has 0 spiro atoms. The van der Waals surface area contributed by atoms with Crippen molar-refractivity contribution in [2.24, 2.45) is 5.41 Å². The second-order valence-corrected chi connectivity index (χ2v) is 9.18. The van der Waals surface area contributed by atoms with E-state index in [0.717, 1.165) is 0 Å². The summed E-state index contributed by atoms with van der Waals surface area (Å²) >= 11 is 0. The molecule has 8 heteroatoms. The Hall–Kier alpha value is -0.910. The summed E-state index contributed by atoms with van der Waals surface area (Å²) in [7, 11) is -3.68. The second-order valence-electron chi connectivity index (χ2n) is 6.59. The second kappa shape index (κ2) is 10.3. The summed E-state index contributed by atoms with van der Waals surface area (Å²) in [6.07, 6.45) is -0.0874. The fourth-order valence-corrected chi connectivity index (χ4v) is 5.11. The molecule has 0 fully saturated rings. The third-order valence-corrected chi connectivity index (χ3v) is 6.58. The van der Waals surface area contributed by atoms with Crippen LogP contribution in [-0.4, -0.2) is 43.5 Å². The van der Waals surface area contributed by atoms with Gasteiger partial charge in [0.15, 0.2) is 0 Å². The van der Waals surface area contributed by atoms with E-state index in [4.69, 9.17) is 18.5 Å². The zero-order chi connectivity index (χ0) is 19.7. The summed E-state index contributed by atoms with van der Waals surface area (Å²) in [6, 6.07) is 0. The van der Waals surface area contributed by atoms with Crippen molar-refractivity contribution in [3.05, 3.63) is 0 Å². The molecular weight excluding hydrogens is 347 g/mol. The van der Waals surface area contributed by atoms with Crippen LogP contribution in [0, 0.1) is 5.41 Å². The van der Waals surface area contributed by atoms with Crippen LogP contribution >= 0.6 is 7.60 Å². The van der Waals surface area contributed by atoms with E-state index >= 15 is 0 Å². The zero-order valence-corrected chi connectivity index (χ0v) is 17.4. The minimum Gasteiger partial charge on any atom is -0.466 e. The first-order valence-corrected chi connectivity index (χ1v) is 10.3. The Labute approximate surface area is 151 Å². The van der Waals surface area contributed by atoms with Crippen LogP contribution in [-0.2, 0) is 32.7 Å². The highest BCUT2D eigenvalue weighted by Crippen LogP contribution is 2.64. The first-order chi connectivity index (χ1) is 11.5. The molecule has 0 aromatic carbocycles. The average molecular weight is 380 g/mol. The molecule has 0 saturated carbocycles. The summed E-state index contributed by atoms with van der Waals surface area (Å²) in [5, 5.41) is -1.22. The summed E-state index contributed by atoms with van der Waals surface area (Å²) in [6.45, 7) is 12.6. The fourth-order valence-electron chi connectivity index (χ4n) is 2.82. The van der Waals surface area contributed by atoms with Crippen molar-refractivity contribution < 1.29 is 32.7 Å². The van der Waals surface area contributed by atoms with E-state index in [-0.39, 0.29) is 39.3 Å². The minimum atomic E-state index is -3.68. The van der Waals surface area contributed by atoms with Crippen LogP contribution in [0.3, 0.4) is 0 Å². The molecule has 0 bridgehead atoms. The van der Waals surface area contributed by atoms with E-state index in [1.165, 1.54) is 0 Å². The minimum absolute atomic E-state index is 0.0922. The predicted molar refractivity (Wildman–Crippen MR) is 95.5 cm³/mol. The van der Waals surface area contributed by atoms with Gasteiger partial charge in [-0.05, 0) is 54.9 Å². The molecule has 0 rings (SSSR count). The first kappa shape index (κ1) is 24.1. The summed E-state index contributed by atoms with van der Waals surface area (Å²) in [5.41, 5.74) is -0.971. The third kappa shape index (κ3) is 6.72. The molecule has 0 radical (unpaired) electrons. The largest absolute Gasteiger partial charge is 0.466 e. The Morgan fingerprint density at radius 2 is 1.32 bits per heavy atom. The maximum atomic E-state index is 13.4. The van der Waals surface area contributed by atoms with Gasteiger partial charge in [-0.15, -0.1) is 0 Å². The third-order valence-electron chi connectivity index (χ3n) is 3.74. The van der Waals surface area contributed by atoms with Crippen molar-refractivity contribution in [3.8, 4) is 0 Å². The lowest BCUT2D eigenvalue weighted by molar-refractivity contribution is -0.155. The molecule has 148 valence electrons. The van der Waals surface area contributed by atoms with Crippen molar-refractivity contribution in [1.29, 1.82) is 0 Å². The van der Waals surface area contributed by atoms with Crippen molar-refractivity contribution in [2.75, 3.05) is 26.4 Å². The van der Waals surface area contributed by atoms with Crippen molar-refractivity contribution >= 4 is 19.5 Å². The van der Waals surface area contributed by atoms with Gasteiger partial charge >= 0.3 is 19.5 Å². The lowest BCUT2D eigenvalue weighted by Gasteiger charge is -2.39. The Bertz CT molecular complexity index is 479. The van der Waals surface area contributed by atoms with Crippen LogP contribution in [0.5, 0.6) is 0 Å². The molecule has 1 unspecified atom stereocenters. The molecule has 25 heavy (non-hydrogen) atoms. The highest BCUT2D eigenvalue weighted by atomic mass is 31.2. The van der Waals surface area contributed by atoms with Crippen LogP contribution in [0.15, 0.2) is 0 Å². The number of rotatable bonds is 12. The van der Waals surface area contributed by atoms with Gasteiger partial charge in [-0.3, -0.25) is 14.2 Å². The quantitative estimate of drug-likeness (QED) is 0.374. The van der Waals surface area contributed by atoms with E-state index < -0.39 is 30.1 Å². The Morgan fingerprint density at radius 1 is 0.840 bits per heavy atom. The Kier molecular flexibility index (Phi) is 9.92. The molecule has 0 amide bonds. The smallest absolute Gasteiger partial charge is 0.337 e. The normalized spacial score (nSPS) is 14.7. The highest BCUT2D eigenvalue weighted by Gasteiger charge is 2.53. The van der Waals surface area contributed by atoms with Gasteiger partial charge in [0.2, 0.25) is 0 Å². The van der Waals surface area contributed by atoms with Gasteiger partial charge in [0.25, 0.3) is 0 Å². The Morgan fingerprint density at radius 3 is 1.72 bits per heavy atom. The van der Waals surface area contributed by atoms with Crippen LogP contribution < -0.4 is 0 Å². The van der Waals surface area contributed by atoms with E-state index in [1.807, 2.05) is 0 Å². The number of ether oxygens (including phenoxy) is 2. The molecule has 7 nitrogen and oxygen atoms in total. The van der Waals surface area contributed by atoms with E-state index in [0.29, 0.717) is 0 Å². The van der Waals surface area contributed by atoms with Gasteiger partial charge in [-0.1, -0.05) is 0 Å². The van der Waals surface area contributed by atoms with Gasteiger partial charge in [0.1, 0.15) is 0 Å². The van der Waals surface area contributed by atoms with Gasteiger partial charge in [0.05, 0.1) is 43.4 Å². The number of esters is 2. The van der Waals surface area contributed by atoms with Crippen LogP contribution in [0.25, 0.3) is 0 Å². The predicted octanol–water partition coefficient (Wildman–Crippen LogP) is 3.94. The monoisotopic (exact) mass is 380 g/mol. The van der Waals surface area contributed by atoms with Crippen molar-refractivity contribution in [1.82, 2.24) is 0 Å². The molecule has 0 heterocycles.